The standard InChI is InChI=1S/C21H23N3O3S3/c1-2-13-30(26,27)23-16-7-5-15(6-8-16)22-20(25)19-17-9-12-28-14-18(17)29-21(19)24-10-3-4-11-24/h3-8,10-11,23H,2,9,12-14H2,1H3,(H,22,25). The van der Waals surface area contributed by atoms with Crippen molar-refractivity contribution in [3.05, 3.63) is 64.8 Å². The van der Waals surface area contributed by atoms with Gasteiger partial charge in [-0.25, -0.2) is 8.42 Å². The highest BCUT2D eigenvalue weighted by molar-refractivity contribution is 7.98. The maximum Gasteiger partial charge on any atom is 0.258 e. The number of sulfonamides is 1. The number of benzene rings is 1. The van der Waals surface area contributed by atoms with Crippen LogP contribution in [0, 0.1) is 0 Å². The van der Waals surface area contributed by atoms with Crippen LogP contribution in [0.4, 0.5) is 11.4 Å². The lowest BCUT2D eigenvalue weighted by atomic mass is 10.1. The lowest BCUT2D eigenvalue weighted by molar-refractivity contribution is 0.102. The predicted octanol–water partition coefficient (Wildman–Crippen LogP) is 4.73. The molecule has 9 heteroatoms. The molecule has 3 aromatic rings. The van der Waals surface area contributed by atoms with Crippen LogP contribution in [-0.4, -0.2) is 30.4 Å². The van der Waals surface area contributed by atoms with Gasteiger partial charge in [-0.3, -0.25) is 9.52 Å². The van der Waals surface area contributed by atoms with Crippen LogP contribution in [0.2, 0.25) is 0 Å². The van der Waals surface area contributed by atoms with Crippen LogP contribution in [0.15, 0.2) is 48.8 Å². The van der Waals surface area contributed by atoms with E-state index in [4.69, 9.17) is 0 Å². The molecule has 1 aromatic carbocycles. The van der Waals surface area contributed by atoms with E-state index in [1.807, 2.05) is 47.8 Å². The van der Waals surface area contributed by atoms with Crippen LogP contribution in [-0.2, 0) is 22.2 Å². The molecule has 2 aromatic heterocycles. The Morgan fingerprint density at radius 1 is 1.13 bits per heavy atom. The van der Waals surface area contributed by atoms with Gasteiger partial charge < -0.3 is 9.88 Å². The molecule has 4 rings (SSSR count). The molecule has 0 unspecified atom stereocenters. The Labute approximate surface area is 184 Å². The van der Waals surface area contributed by atoms with Gasteiger partial charge in [0.1, 0.15) is 5.00 Å². The quantitative estimate of drug-likeness (QED) is 0.533. The summed E-state index contributed by atoms with van der Waals surface area (Å²) in [7, 11) is -3.34. The lowest BCUT2D eigenvalue weighted by Gasteiger charge is -2.13. The van der Waals surface area contributed by atoms with Gasteiger partial charge in [-0.15, -0.1) is 11.3 Å². The van der Waals surface area contributed by atoms with Crippen LogP contribution in [0.3, 0.4) is 0 Å². The normalized spacial score (nSPS) is 13.6. The number of thioether (sulfide) groups is 1. The Kier molecular flexibility index (Phi) is 6.21. The molecule has 0 spiro atoms. The lowest BCUT2D eigenvalue weighted by Crippen LogP contribution is -2.17. The van der Waals surface area contributed by atoms with E-state index in [-0.39, 0.29) is 11.7 Å². The van der Waals surface area contributed by atoms with E-state index in [0.717, 1.165) is 34.1 Å². The van der Waals surface area contributed by atoms with E-state index >= 15 is 0 Å². The summed E-state index contributed by atoms with van der Waals surface area (Å²) in [6.45, 7) is 1.82. The Morgan fingerprint density at radius 3 is 2.53 bits per heavy atom. The number of carbonyl (C=O) groups excluding carboxylic acids is 1. The van der Waals surface area contributed by atoms with Gasteiger partial charge in [0, 0.05) is 34.4 Å². The van der Waals surface area contributed by atoms with Crippen molar-refractivity contribution in [2.75, 3.05) is 21.5 Å². The summed E-state index contributed by atoms with van der Waals surface area (Å²) in [6, 6.07) is 10.7. The summed E-state index contributed by atoms with van der Waals surface area (Å²) < 4.78 is 28.4. The average molecular weight is 462 g/mol. The van der Waals surface area contributed by atoms with Gasteiger partial charge in [0.2, 0.25) is 10.0 Å². The van der Waals surface area contributed by atoms with Crippen molar-refractivity contribution in [2.24, 2.45) is 0 Å². The Morgan fingerprint density at radius 2 is 1.83 bits per heavy atom. The van der Waals surface area contributed by atoms with Crippen molar-refractivity contribution in [3.8, 4) is 5.00 Å². The first-order chi connectivity index (χ1) is 14.5. The fourth-order valence-electron chi connectivity index (χ4n) is 3.42. The van der Waals surface area contributed by atoms with E-state index < -0.39 is 10.0 Å². The smallest absolute Gasteiger partial charge is 0.258 e. The minimum Gasteiger partial charge on any atom is -0.322 e. The SMILES string of the molecule is CCCS(=O)(=O)Nc1ccc(NC(=O)c2c(-n3cccc3)sc3c2CCSC3)cc1. The first-order valence-electron chi connectivity index (χ1n) is 9.74. The molecule has 1 aliphatic heterocycles. The zero-order chi connectivity index (χ0) is 21.1. The highest BCUT2D eigenvalue weighted by Gasteiger charge is 2.26. The van der Waals surface area contributed by atoms with Crippen LogP contribution < -0.4 is 10.0 Å². The number of anilines is 2. The number of hydrogen-bond donors (Lipinski definition) is 2. The van der Waals surface area contributed by atoms with Crippen molar-refractivity contribution in [2.45, 2.75) is 25.5 Å². The summed E-state index contributed by atoms with van der Waals surface area (Å²) in [5.41, 5.74) is 2.99. The second-order valence-corrected chi connectivity index (χ2v) is 11.1. The maximum absolute atomic E-state index is 13.2. The van der Waals surface area contributed by atoms with Gasteiger partial charge in [-0.1, -0.05) is 6.92 Å². The first-order valence-corrected chi connectivity index (χ1v) is 13.4. The minimum atomic E-state index is -3.34. The third kappa shape index (κ3) is 4.58. The van der Waals surface area contributed by atoms with E-state index in [1.54, 1.807) is 35.6 Å². The third-order valence-electron chi connectivity index (χ3n) is 4.76. The number of hydrogen-bond acceptors (Lipinski definition) is 5. The van der Waals surface area contributed by atoms with Crippen LogP contribution in [0.1, 0.15) is 34.1 Å². The van der Waals surface area contributed by atoms with Crippen molar-refractivity contribution < 1.29 is 13.2 Å². The largest absolute Gasteiger partial charge is 0.322 e. The van der Waals surface area contributed by atoms with Crippen molar-refractivity contribution in [1.29, 1.82) is 0 Å². The topological polar surface area (TPSA) is 80.2 Å². The number of carbonyl (C=O) groups is 1. The van der Waals surface area contributed by atoms with Gasteiger partial charge in [0.05, 0.1) is 11.3 Å². The molecule has 30 heavy (non-hydrogen) atoms. The molecule has 0 saturated heterocycles. The molecule has 1 amide bonds. The zero-order valence-corrected chi connectivity index (χ0v) is 19.0. The molecule has 3 heterocycles. The molecule has 2 N–H and O–H groups in total. The molecule has 0 fully saturated rings. The molecule has 0 radical (unpaired) electrons. The molecule has 158 valence electrons. The zero-order valence-electron chi connectivity index (χ0n) is 16.6. The second kappa shape index (κ2) is 8.87. The molecular formula is C21H23N3O3S3. The van der Waals surface area contributed by atoms with Crippen LogP contribution in [0.5, 0.6) is 0 Å². The fraction of sp³-hybridized carbons (Fsp3) is 0.286. The van der Waals surface area contributed by atoms with Gasteiger partial charge in [-0.2, -0.15) is 11.8 Å². The molecule has 0 saturated carbocycles. The third-order valence-corrected chi connectivity index (χ3v) is 8.66. The fourth-order valence-corrected chi connectivity index (χ4v) is 7.00. The Balaban J connectivity index is 1.57. The number of nitrogens with zero attached hydrogens (tertiary/aromatic N) is 1. The minimum absolute atomic E-state index is 0.0786. The Hall–Kier alpha value is -2.23. The average Bonchev–Trinajstić information content (AvgIpc) is 3.36. The molecule has 0 aliphatic carbocycles. The molecule has 0 bridgehead atoms. The highest BCUT2D eigenvalue weighted by atomic mass is 32.2. The molecule has 1 aliphatic rings. The Bertz CT molecular complexity index is 1130. The van der Waals surface area contributed by atoms with Crippen molar-refractivity contribution in [3.63, 3.8) is 0 Å². The summed E-state index contributed by atoms with van der Waals surface area (Å²) in [4.78, 5) is 14.5. The predicted molar refractivity (Wildman–Crippen MR) is 126 cm³/mol. The number of thiophene rings is 1. The monoisotopic (exact) mass is 461 g/mol. The number of fused-ring (bicyclic) bond motifs is 1. The van der Waals surface area contributed by atoms with Crippen molar-refractivity contribution in [1.82, 2.24) is 4.57 Å². The van der Waals surface area contributed by atoms with Crippen LogP contribution in [0.25, 0.3) is 5.00 Å². The summed E-state index contributed by atoms with van der Waals surface area (Å²) in [5, 5.41) is 3.92. The summed E-state index contributed by atoms with van der Waals surface area (Å²) in [6.07, 6.45) is 5.35. The van der Waals surface area contributed by atoms with E-state index in [1.165, 1.54) is 4.88 Å². The van der Waals surface area contributed by atoms with Gasteiger partial charge >= 0.3 is 0 Å². The molecule has 0 atom stereocenters. The van der Waals surface area contributed by atoms with Gasteiger partial charge in [0.15, 0.2) is 0 Å². The number of amides is 1. The van der Waals surface area contributed by atoms with Crippen LogP contribution >= 0.6 is 23.1 Å². The first kappa shape index (κ1) is 21.0. The van der Waals surface area contributed by atoms with E-state index in [2.05, 4.69) is 10.0 Å². The van der Waals surface area contributed by atoms with E-state index in [0.29, 0.717) is 17.8 Å². The van der Waals surface area contributed by atoms with Crippen molar-refractivity contribution >= 4 is 50.4 Å². The van der Waals surface area contributed by atoms with E-state index in [9.17, 15) is 13.2 Å². The molecular weight excluding hydrogens is 438 g/mol. The summed E-state index contributed by atoms with van der Waals surface area (Å²) >= 11 is 3.57. The second-order valence-electron chi connectivity index (χ2n) is 7.03. The summed E-state index contributed by atoms with van der Waals surface area (Å²) in [5.74, 6) is 1.90. The number of rotatable bonds is 7. The number of aromatic nitrogens is 1. The molecule has 6 nitrogen and oxygen atoms in total. The van der Waals surface area contributed by atoms with Gasteiger partial charge in [0.25, 0.3) is 5.91 Å². The number of nitrogens with one attached hydrogen (secondary N) is 2. The maximum atomic E-state index is 13.2. The van der Waals surface area contributed by atoms with Gasteiger partial charge in [-0.05, 0) is 60.6 Å². The highest BCUT2D eigenvalue weighted by Crippen LogP contribution is 2.38.